The smallest absolute Gasteiger partial charge is 0.277 e. The van der Waals surface area contributed by atoms with Crippen LogP contribution in [-0.4, -0.2) is 9.55 Å². The van der Waals surface area contributed by atoms with Crippen molar-refractivity contribution in [1.82, 2.24) is 9.55 Å². The molecule has 2 aromatic carbocycles. The number of aryl methyl sites for hydroxylation is 1. The predicted molar refractivity (Wildman–Crippen MR) is 88.9 cm³/mol. The highest BCUT2D eigenvalue weighted by Crippen LogP contribution is 2.31. The normalized spacial score (nSPS) is 14.4. The first-order valence-corrected chi connectivity index (χ1v) is 7.79. The first-order valence-electron chi connectivity index (χ1n) is 7.79. The zero-order chi connectivity index (χ0) is 15.1. The minimum absolute atomic E-state index is 0.0226. The largest absolute Gasteiger partial charge is 0.305 e. The summed E-state index contributed by atoms with van der Waals surface area (Å²) in [5.74, 6) is 0.648. The molecule has 1 heterocycles. The second kappa shape index (κ2) is 5.09. The molecule has 22 heavy (non-hydrogen) atoms. The summed E-state index contributed by atoms with van der Waals surface area (Å²) in [5, 5.41) is 0. The molecule has 0 spiro atoms. The van der Waals surface area contributed by atoms with E-state index in [4.69, 9.17) is 0 Å². The fraction of sp³-hybridized carbons (Fsp3) is 0.263. The van der Waals surface area contributed by atoms with Crippen LogP contribution < -0.4 is 5.56 Å². The number of hydrogen-bond acceptors (Lipinski definition) is 2. The lowest BCUT2D eigenvalue weighted by Gasteiger charge is -2.12. The van der Waals surface area contributed by atoms with Crippen molar-refractivity contribution in [2.24, 2.45) is 5.92 Å². The van der Waals surface area contributed by atoms with E-state index in [-0.39, 0.29) is 5.56 Å². The highest BCUT2D eigenvalue weighted by atomic mass is 16.1. The molecule has 110 valence electrons. The van der Waals surface area contributed by atoms with Gasteiger partial charge >= 0.3 is 0 Å². The summed E-state index contributed by atoms with van der Waals surface area (Å²) < 4.78 is 1.91. The van der Waals surface area contributed by atoms with E-state index in [0.29, 0.717) is 11.6 Å². The lowest BCUT2D eigenvalue weighted by Crippen LogP contribution is -2.24. The third kappa shape index (κ3) is 2.33. The topological polar surface area (TPSA) is 34.9 Å². The van der Waals surface area contributed by atoms with Crippen LogP contribution in [0.25, 0.3) is 22.3 Å². The summed E-state index contributed by atoms with van der Waals surface area (Å²) in [6, 6.07) is 15.9. The number of nitrogens with zero attached hydrogens (tertiary/aromatic N) is 2. The molecule has 0 radical (unpaired) electrons. The molecule has 4 rings (SSSR count). The van der Waals surface area contributed by atoms with Crippen LogP contribution in [0.3, 0.4) is 0 Å². The summed E-state index contributed by atoms with van der Waals surface area (Å²) in [4.78, 5) is 17.6. The molecular weight excluding hydrogens is 272 g/mol. The summed E-state index contributed by atoms with van der Waals surface area (Å²) in [6.45, 7) is 2.85. The highest BCUT2D eigenvalue weighted by Gasteiger charge is 2.24. The van der Waals surface area contributed by atoms with Crippen LogP contribution in [0.15, 0.2) is 53.3 Å². The molecule has 0 amide bonds. The van der Waals surface area contributed by atoms with Gasteiger partial charge in [0.25, 0.3) is 5.56 Å². The van der Waals surface area contributed by atoms with E-state index in [2.05, 4.69) is 4.98 Å². The van der Waals surface area contributed by atoms with Gasteiger partial charge in [0.15, 0.2) is 0 Å². The van der Waals surface area contributed by atoms with E-state index in [0.717, 1.165) is 23.1 Å². The van der Waals surface area contributed by atoms with Gasteiger partial charge in [0.05, 0.1) is 11.0 Å². The Morgan fingerprint density at radius 3 is 2.55 bits per heavy atom. The van der Waals surface area contributed by atoms with Crippen molar-refractivity contribution in [1.29, 1.82) is 0 Å². The zero-order valence-corrected chi connectivity index (χ0v) is 12.6. The second-order valence-electron chi connectivity index (χ2n) is 6.17. The molecule has 1 aliphatic carbocycles. The monoisotopic (exact) mass is 290 g/mol. The van der Waals surface area contributed by atoms with Gasteiger partial charge in [-0.1, -0.05) is 42.0 Å². The molecule has 0 bridgehead atoms. The van der Waals surface area contributed by atoms with Gasteiger partial charge in [-0.2, -0.15) is 0 Å². The molecule has 3 nitrogen and oxygen atoms in total. The van der Waals surface area contributed by atoms with Crippen molar-refractivity contribution in [3.8, 4) is 11.3 Å². The molecule has 3 aromatic rings. The SMILES string of the molecule is Cc1ccc(-c2nc3ccccc3n(CC3CC3)c2=O)cc1. The van der Waals surface area contributed by atoms with Gasteiger partial charge in [-0.05, 0) is 37.8 Å². The van der Waals surface area contributed by atoms with Crippen molar-refractivity contribution in [2.75, 3.05) is 0 Å². The maximum atomic E-state index is 12.9. The third-order valence-corrected chi connectivity index (χ3v) is 4.32. The third-order valence-electron chi connectivity index (χ3n) is 4.32. The van der Waals surface area contributed by atoms with Crippen molar-refractivity contribution < 1.29 is 0 Å². The molecule has 1 saturated carbocycles. The summed E-state index contributed by atoms with van der Waals surface area (Å²) in [5.41, 5.74) is 4.48. The Labute approximate surface area is 129 Å². The van der Waals surface area contributed by atoms with Crippen molar-refractivity contribution in [3.63, 3.8) is 0 Å². The van der Waals surface area contributed by atoms with Gasteiger partial charge in [-0.25, -0.2) is 4.98 Å². The molecule has 0 atom stereocenters. The number of benzene rings is 2. The molecule has 1 aromatic heterocycles. The summed E-state index contributed by atoms with van der Waals surface area (Å²) in [7, 11) is 0. The Morgan fingerprint density at radius 2 is 1.82 bits per heavy atom. The second-order valence-corrected chi connectivity index (χ2v) is 6.17. The van der Waals surface area contributed by atoms with Crippen molar-refractivity contribution in [2.45, 2.75) is 26.3 Å². The molecule has 3 heteroatoms. The molecule has 1 fully saturated rings. The van der Waals surface area contributed by atoms with E-state index >= 15 is 0 Å². The van der Waals surface area contributed by atoms with Crippen LogP contribution in [0.1, 0.15) is 18.4 Å². The van der Waals surface area contributed by atoms with Gasteiger partial charge in [0.1, 0.15) is 5.69 Å². The quantitative estimate of drug-likeness (QED) is 0.735. The number of fused-ring (bicyclic) bond motifs is 1. The first kappa shape index (κ1) is 13.3. The van der Waals surface area contributed by atoms with Gasteiger partial charge in [0.2, 0.25) is 0 Å². The maximum absolute atomic E-state index is 12.9. The van der Waals surface area contributed by atoms with Gasteiger partial charge in [-0.15, -0.1) is 0 Å². The Balaban J connectivity index is 1.96. The molecule has 0 aliphatic heterocycles. The molecule has 0 saturated heterocycles. The van der Waals surface area contributed by atoms with Crippen LogP contribution in [0.5, 0.6) is 0 Å². The zero-order valence-electron chi connectivity index (χ0n) is 12.6. The Kier molecular flexibility index (Phi) is 3.07. The minimum Gasteiger partial charge on any atom is -0.305 e. The van der Waals surface area contributed by atoms with Gasteiger partial charge in [-0.3, -0.25) is 4.79 Å². The summed E-state index contributed by atoms with van der Waals surface area (Å²) in [6.07, 6.45) is 2.45. The van der Waals surface area contributed by atoms with E-state index in [9.17, 15) is 4.79 Å². The lowest BCUT2D eigenvalue weighted by atomic mass is 10.1. The van der Waals surface area contributed by atoms with E-state index < -0.39 is 0 Å². The van der Waals surface area contributed by atoms with E-state index in [1.54, 1.807) is 0 Å². The standard InChI is InChI=1S/C19H18N2O/c1-13-6-10-15(11-7-13)18-19(22)21(12-14-8-9-14)17-5-3-2-4-16(17)20-18/h2-7,10-11,14H,8-9,12H2,1H3. The van der Waals surface area contributed by atoms with E-state index in [1.807, 2.05) is 60.0 Å². The summed E-state index contributed by atoms with van der Waals surface area (Å²) >= 11 is 0. The number of aromatic nitrogens is 2. The average Bonchev–Trinajstić information content (AvgIpc) is 3.35. The number of hydrogen-bond donors (Lipinski definition) is 0. The molecular formula is C19H18N2O. The fourth-order valence-corrected chi connectivity index (χ4v) is 2.83. The van der Waals surface area contributed by atoms with Crippen LogP contribution in [0.2, 0.25) is 0 Å². The van der Waals surface area contributed by atoms with Crippen molar-refractivity contribution >= 4 is 11.0 Å². The van der Waals surface area contributed by atoms with Gasteiger partial charge < -0.3 is 4.57 Å². The van der Waals surface area contributed by atoms with Crippen LogP contribution in [0, 0.1) is 12.8 Å². The average molecular weight is 290 g/mol. The fourth-order valence-electron chi connectivity index (χ4n) is 2.83. The highest BCUT2D eigenvalue weighted by molar-refractivity contribution is 5.77. The number of rotatable bonds is 3. The maximum Gasteiger partial charge on any atom is 0.277 e. The Hall–Kier alpha value is -2.42. The Bertz CT molecular complexity index is 889. The van der Waals surface area contributed by atoms with Crippen LogP contribution in [-0.2, 0) is 6.54 Å². The van der Waals surface area contributed by atoms with Gasteiger partial charge in [0, 0.05) is 12.1 Å². The van der Waals surface area contributed by atoms with Crippen LogP contribution >= 0.6 is 0 Å². The molecule has 1 aliphatic rings. The molecule has 0 N–H and O–H groups in total. The Morgan fingerprint density at radius 1 is 1.09 bits per heavy atom. The minimum atomic E-state index is 0.0226. The first-order chi connectivity index (χ1) is 10.7. The predicted octanol–water partition coefficient (Wildman–Crippen LogP) is 3.78. The molecule has 0 unspecified atom stereocenters. The van der Waals surface area contributed by atoms with Crippen LogP contribution in [0.4, 0.5) is 0 Å². The number of para-hydroxylation sites is 2. The lowest BCUT2D eigenvalue weighted by molar-refractivity contribution is 0.625. The van der Waals surface area contributed by atoms with E-state index in [1.165, 1.54) is 18.4 Å². The van der Waals surface area contributed by atoms with Crippen molar-refractivity contribution in [3.05, 3.63) is 64.4 Å².